The molecule has 0 radical (unpaired) electrons. The number of methoxy groups -OCH3 is 1. The van der Waals surface area contributed by atoms with E-state index in [0.717, 1.165) is 36.0 Å². The number of aromatic nitrogens is 1. The van der Waals surface area contributed by atoms with Crippen LogP contribution in [-0.4, -0.2) is 39.9 Å². The number of aliphatic carboxylic acids is 1. The summed E-state index contributed by atoms with van der Waals surface area (Å²) in [6, 6.07) is 14.6. The first-order valence-electron chi connectivity index (χ1n) is 13.5. The number of nitrogens with zero attached hydrogens (tertiary/aromatic N) is 1. The van der Waals surface area contributed by atoms with Gasteiger partial charge in [-0.15, -0.1) is 4.74 Å². The number of carboxylic acids is 1. The number of ketones is 1. The lowest BCUT2D eigenvalue weighted by Gasteiger charge is -2.15. The van der Waals surface area contributed by atoms with Crippen LogP contribution in [0.4, 0.5) is 0 Å². The van der Waals surface area contributed by atoms with Crippen LogP contribution in [0.3, 0.4) is 0 Å². The van der Waals surface area contributed by atoms with Gasteiger partial charge in [0.1, 0.15) is 23.9 Å². The summed E-state index contributed by atoms with van der Waals surface area (Å²) in [6.07, 6.45) is 4.29. The van der Waals surface area contributed by atoms with E-state index >= 15 is 0 Å². The van der Waals surface area contributed by atoms with Crippen molar-refractivity contribution in [3.8, 4) is 17.2 Å². The third kappa shape index (κ3) is 6.44. The summed E-state index contributed by atoms with van der Waals surface area (Å²) in [6.45, 7) is 0.110. The van der Waals surface area contributed by atoms with Crippen LogP contribution in [0.5, 0.6) is 17.2 Å². The van der Waals surface area contributed by atoms with E-state index in [4.69, 9.17) is 18.7 Å². The molecule has 214 valence electrons. The molecule has 5 rings (SSSR count). The molecule has 1 aliphatic carbocycles. The summed E-state index contributed by atoms with van der Waals surface area (Å²) in [4.78, 5) is 36.9. The number of ether oxygens (including phenoxy) is 3. The van der Waals surface area contributed by atoms with Crippen LogP contribution in [-0.2, 0) is 29.3 Å². The predicted molar refractivity (Wildman–Crippen MR) is 149 cm³/mol. The number of hydrogen-bond donors (Lipinski definition) is 2. The number of carbonyl (C=O) groups is 2. The minimum Gasteiger partial charge on any atom is -0.507 e. The van der Waals surface area contributed by atoms with Crippen molar-refractivity contribution in [3.05, 3.63) is 87.2 Å². The van der Waals surface area contributed by atoms with Crippen molar-refractivity contribution >= 4 is 22.7 Å². The third-order valence-electron chi connectivity index (χ3n) is 7.10. The number of fused-ring (bicyclic) bond motifs is 1. The average Bonchev–Trinajstić information content (AvgIpc) is 3.58. The third-order valence-corrected chi connectivity index (χ3v) is 7.10. The lowest BCUT2D eigenvalue weighted by molar-refractivity contribution is -0.136. The van der Waals surface area contributed by atoms with Gasteiger partial charge in [-0.05, 0) is 85.7 Å². The van der Waals surface area contributed by atoms with Gasteiger partial charge in [-0.25, -0.2) is 0 Å². The molecule has 1 fully saturated rings. The quantitative estimate of drug-likeness (QED) is 0.228. The molecular weight excluding hydrogens is 530 g/mol. The maximum absolute atomic E-state index is 13.3. The first-order chi connectivity index (χ1) is 19.8. The average molecular weight is 562 g/mol. The Morgan fingerprint density at radius 2 is 1.85 bits per heavy atom. The Balaban J connectivity index is 1.34. The highest BCUT2D eigenvalue weighted by atomic mass is 16.6. The Kier molecular flexibility index (Phi) is 8.39. The second-order valence-electron chi connectivity index (χ2n) is 10.1. The zero-order valence-electron chi connectivity index (χ0n) is 22.6. The maximum atomic E-state index is 13.3. The largest absolute Gasteiger partial charge is 0.507 e. The molecule has 0 unspecified atom stereocenters. The van der Waals surface area contributed by atoms with E-state index in [-0.39, 0.29) is 49.2 Å². The van der Waals surface area contributed by atoms with Crippen molar-refractivity contribution in [2.45, 2.75) is 58.0 Å². The van der Waals surface area contributed by atoms with E-state index in [9.17, 15) is 24.6 Å². The van der Waals surface area contributed by atoms with E-state index in [2.05, 4.69) is 0 Å². The molecule has 0 spiro atoms. The Morgan fingerprint density at radius 1 is 1.05 bits per heavy atom. The monoisotopic (exact) mass is 561 g/mol. The molecule has 10 heteroatoms. The number of carbonyl (C=O) groups excluding carboxylic acids is 1. The van der Waals surface area contributed by atoms with Gasteiger partial charge >= 0.3 is 5.97 Å². The molecule has 1 heterocycles. The molecule has 1 saturated carbocycles. The highest BCUT2D eigenvalue weighted by Gasteiger charge is 2.20. The van der Waals surface area contributed by atoms with Crippen LogP contribution in [0.25, 0.3) is 11.0 Å². The second-order valence-corrected chi connectivity index (χ2v) is 10.1. The SMILES string of the molecule is COCn1oc2cc(COc3ccc(C(=O)c4ccc(OC5CCCC5)cc4O)cc3CCC(=O)O)ccc2c1=O. The van der Waals surface area contributed by atoms with Crippen LogP contribution in [0, 0.1) is 0 Å². The molecule has 4 aromatic rings. The first-order valence-corrected chi connectivity index (χ1v) is 13.5. The van der Waals surface area contributed by atoms with Crippen molar-refractivity contribution in [2.24, 2.45) is 0 Å². The molecule has 41 heavy (non-hydrogen) atoms. The van der Waals surface area contributed by atoms with Crippen LogP contribution in [0.15, 0.2) is 63.9 Å². The van der Waals surface area contributed by atoms with Crippen LogP contribution in [0.1, 0.15) is 59.2 Å². The molecule has 0 aliphatic heterocycles. The molecule has 0 bridgehead atoms. The fourth-order valence-corrected chi connectivity index (χ4v) is 5.00. The number of hydrogen-bond acceptors (Lipinski definition) is 8. The van der Waals surface area contributed by atoms with Gasteiger partial charge in [0.15, 0.2) is 18.1 Å². The van der Waals surface area contributed by atoms with E-state index < -0.39 is 11.8 Å². The summed E-state index contributed by atoms with van der Waals surface area (Å²) >= 11 is 0. The normalized spacial score (nSPS) is 13.5. The standard InChI is InChI=1S/C31H31NO9/c1-38-18-32-31(37)25-10-6-19(14-28(25)41-32)17-39-27-12-7-21(15-20(27)8-13-29(34)35)30(36)24-11-9-23(16-26(24)33)40-22-4-2-3-5-22/h6-7,9-12,14-16,22,33H,2-5,8,13,17-18H2,1H3,(H,34,35). The highest BCUT2D eigenvalue weighted by molar-refractivity contribution is 6.11. The molecule has 0 saturated heterocycles. The Hall–Kier alpha value is -4.57. The summed E-state index contributed by atoms with van der Waals surface area (Å²) in [5.41, 5.74) is 1.77. The summed E-state index contributed by atoms with van der Waals surface area (Å²) < 4.78 is 23.6. The number of phenolic OH excluding ortho intramolecular Hbond substituents is 1. The maximum Gasteiger partial charge on any atom is 0.303 e. The predicted octanol–water partition coefficient (Wildman–Crippen LogP) is 5.05. The van der Waals surface area contributed by atoms with Gasteiger partial charge in [-0.1, -0.05) is 6.07 Å². The Labute approximate surface area is 235 Å². The van der Waals surface area contributed by atoms with Crippen molar-refractivity contribution in [1.82, 2.24) is 4.74 Å². The molecular formula is C31H31NO9. The van der Waals surface area contributed by atoms with Crippen LogP contribution >= 0.6 is 0 Å². The van der Waals surface area contributed by atoms with Crippen LogP contribution < -0.4 is 15.0 Å². The molecule has 1 aliphatic rings. The molecule has 2 N–H and O–H groups in total. The highest BCUT2D eigenvalue weighted by Crippen LogP contribution is 2.31. The van der Waals surface area contributed by atoms with Crippen LogP contribution in [0.2, 0.25) is 0 Å². The number of carboxylic acid groups (broad SMARTS) is 1. The number of rotatable bonds is 12. The molecule has 10 nitrogen and oxygen atoms in total. The first kappa shape index (κ1) is 28.0. The summed E-state index contributed by atoms with van der Waals surface area (Å²) in [5, 5.41) is 20.3. The van der Waals surface area contributed by atoms with E-state index in [0.29, 0.717) is 33.6 Å². The van der Waals surface area contributed by atoms with E-state index in [1.54, 1.807) is 42.5 Å². The van der Waals surface area contributed by atoms with E-state index in [1.807, 2.05) is 0 Å². The van der Waals surface area contributed by atoms with Gasteiger partial charge in [-0.2, -0.15) is 0 Å². The second kappa shape index (κ2) is 12.3. The number of benzene rings is 3. The van der Waals surface area contributed by atoms with Gasteiger partial charge in [0.2, 0.25) is 0 Å². The minimum atomic E-state index is -0.982. The Morgan fingerprint density at radius 3 is 2.59 bits per heavy atom. The number of aromatic hydroxyl groups is 1. The lowest BCUT2D eigenvalue weighted by atomic mass is 9.98. The van der Waals surface area contributed by atoms with Gasteiger partial charge in [0, 0.05) is 25.2 Å². The molecule has 0 atom stereocenters. The van der Waals surface area contributed by atoms with Crippen molar-refractivity contribution < 1.29 is 38.5 Å². The van der Waals surface area contributed by atoms with Gasteiger partial charge < -0.3 is 28.9 Å². The smallest absolute Gasteiger partial charge is 0.303 e. The van der Waals surface area contributed by atoms with Gasteiger partial charge in [0.25, 0.3) is 5.56 Å². The fourth-order valence-electron chi connectivity index (χ4n) is 5.00. The van der Waals surface area contributed by atoms with Crippen molar-refractivity contribution in [3.63, 3.8) is 0 Å². The van der Waals surface area contributed by atoms with Gasteiger partial charge in [0.05, 0.1) is 17.1 Å². The molecule has 1 aromatic heterocycles. The number of aryl methyl sites for hydroxylation is 1. The minimum absolute atomic E-state index is 0.00643. The Bertz CT molecular complexity index is 1630. The summed E-state index contributed by atoms with van der Waals surface area (Å²) in [7, 11) is 1.46. The molecule has 3 aromatic carbocycles. The van der Waals surface area contributed by atoms with Crippen molar-refractivity contribution in [2.75, 3.05) is 7.11 Å². The number of phenols is 1. The van der Waals surface area contributed by atoms with E-state index in [1.165, 1.54) is 19.2 Å². The summed E-state index contributed by atoms with van der Waals surface area (Å²) in [5.74, 6) is -0.627. The lowest BCUT2D eigenvalue weighted by Crippen LogP contribution is -2.14. The topological polar surface area (TPSA) is 137 Å². The van der Waals surface area contributed by atoms with Gasteiger partial charge in [-0.3, -0.25) is 14.4 Å². The fraction of sp³-hybridized carbons (Fsp3) is 0.323. The zero-order chi connectivity index (χ0) is 28.9. The zero-order valence-corrected chi connectivity index (χ0v) is 22.6. The van der Waals surface area contributed by atoms with Crippen molar-refractivity contribution in [1.29, 1.82) is 0 Å². The molecule has 0 amide bonds.